The molecule has 0 bridgehead atoms. The van der Waals surface area contributed by atoms with Crippen molar-refractivity contribution in [2.75, 3.05) is 19.6 Å². The van der Waals surface area contributed by atoms with Crippen LogP contribution in [0.1, 0.15) is 5.56 Å². The van der Waals surface area contributed by atoms with Gasteiger partial charge in [-0.2, -0.15) is 0 Å². The molecule has 0 heterocycles. The smallest absolute Gasteiger partial charge is 0.0786 e. The van der Waals surface area contributed by atoms with Gasteiger partial charge in [0.05, 0.1) is 6.10 Å². The number of nitrogens with two attached hydrogens (primary N) is 1. The van der Waals surface area contributed by atoms with Gasteiger partial charge < -0.3 is 16.2 Å². The van der Waals surface area contributed by atoms with Gasteiger partial charge in [-0.15, -0.1) is 24.8 Å². The molecule has 4 N–H and O–H groups in total. The molecule has 0 spiro atoms. The Bertz CT molecular complexity index is 247. The standard InChI is InChI=1S/C11H18N2O.2ClH/c12-8-11(14)9-13-7-6-10-4-2-1-3-5-10;;/h1-5,11,13-14H,6-9,12H2;2*1H. The molecule has 1 atom stereocenters. The summed E-state index contributed by atoms with van der Waals surface area (Å²) >= 11 is 0. The van der Waals surface area contributed by atoms with E-state index in [0.29, 0.717) is 13.1 Å². The highest BCUT2D eigenvalue weighted by Crippen LogP contribution is 1.97. The van der Waals surface area contributed by atoms with Crippen LogP contribution < -0.4 is 11.1 Å². The van der Waals surface area contributed by atoms with E-state index in [-0.39, 0.29) is 24.8 Å². The fourth-order valence-corrected chi connectivity index (χ4v) is 1.23. The van der Waals surface area contributed by atoms with Gasteiger partial charge in [-0.3, -0.25) is 0 Å². The normalized spacial score (nSPS) is 11.1. The van der Waals surface area contributed by atoms with E-state index in [2.05, 4.69) is 17.4 Å². The van der Waals surface area contributed by atoms with Crippen molar-refractivity contribution in [3.8, 4) is 0 Å². The van der Waals surface area contributed by atoms with E-state index < -0.39 is 6.10 Å². The minimum absolute atomic E-state index is 0. The van der Waals surface area contributed by atoms with Gasteiger partial charge in [0.15, 0.2) is 0 Å². The van der Waals surface area contributed by atoms with E-state index in [4.69, 9.17) is 10.8 Å². The predicted octanol–water partition coefficient (Wildman–Crippen LogP) is 0.982. The first-order chi connectivity index (χ1) is 6.83. The monoisotopic (exact) mass is 266 g/mol. The molecule has 1 aromatic rings. The molecule has 1 rings (SSSR count). The minimum atomic E-state index is -0.425. The maximum absolute atomic E-state index is 9.17. The molecule has 0 fully saturated rings. The number of aliphatic hydroxyl groups excluding tert-OH is 1. The van der Waals surface area contributed by atoms with Crippen molar-refractivity contribution >= 4 is 24.8 Å². The molecule has 0 saturated carbocycles. The van der Waals surface area contributed by atoms with E-state index in [9.17, 15) is 0 Å². The molecule has 0 amide bonds. The van der Waals surface area contributed by atoms with Gasteiger partial charge >= 0.3 is 0 Å². The van der Waals surface area contributed by atoms with Gasteiger partial charge in [-0.05, 0) is 18.5 Å². The first-order valence-corrected chi connectivity index (χ1v) is 4.95. The third-order valence-electron chi connectivity index (χ3n) is 2.09. The summed E-state index contributed by atoms with van der Waals surface area (Å²) in [6.07, 6.45) is 0.559. The SMILES string of the molecule is Cl.Cl.NCC(O)CNCCc1ccccc1. The minimum Gasteiger partial charge on any atom is -0.390 e. The van der Waals surface area contributed by atoms with Crippen molar-refractivity contribution in [2.24, 2.45) is 5.73 Å². The van der Waals surface area contributed by atoms with E-state index in [0.717, 1.165) is 13.0 Å². The Morgan fingerprint density at radius 2 is 1.81 bits per heavy atom. The molecule has 16 heavy (non-hydrogen) atoms. The van der Waals surface area contributed by atoms with Crippen LogP contribution in [0.3, 0.4) is 0 Å². The lowest BCUT2D eigenvalue weighted by molar-refractivity contribution is 0.180. The Morgan fingerprint density at radius 3 is 2.38 bits per heavy atom. The van der Waals surface area contributed by atoms with Crippen molar-refractivity contribution in [1.29, 1.82) is 0 Å². The van der Waals surface area contributed by atoms with Crippen molar-refractivity contribution in [1.82, 2.24) is 5.32 Å². The van der Waals surface area contributed by atoms with Crippen LogP contribution in [0.25, 0.3) is 0 Å². The van der Waals surface area contributed by atoms with Crippen molar-refractivity contribution in [3.63, 3.8) is 0 Å². The first kappa shape index (κ1) is 18.1. The Kier molecular flexibility index (Phi) is 12.6. The quantitative estimate of drug-likeness (QED) is 0.673. The average molecular weight is 267 g/mol. The molecule has 1 aromatic carbocycles. The highest BCUT2D eigenvalue weighted by molar-refractivity contribution is 5.85. The Hall–Kier alpha value is -0.320. The third-order valence-corrected chi connectivity index (χ3v) is 2.09. The second-order valence-corrected chi connectivity index (χ2v) is 3.33. The first-order valence-electron chi connectivity index (χ1n) is 4.95. The van der Waals surface area contributed by atoms with Crippen LogP contribution in [0.4, 0.5) is 0 Å². The molecular weight excluding hydrogens is 247 g/mol. The Labute approximate surface area is 109 Å². The number of halogens is 2. The van der Waals surface area contributed by atoms with E-state index in [1.807, 2.05) is 18.2 Å². The zero-order valence-corrected chi connectivity index (χ0v) is 10.8. The number of rotatable bonds is 6. The summed E-state index contributed by atoms with van der Waals surface area (Å²) in [4.78, 5) is 0. The summed E-state index contributed by atoms with van der Waals surface area (Å²) in [7, 11) is 0. The highest BCUT2D eigenvalue weighted by Gasteiger charge is 1.98. The third kappa shape index (κ3) is 7.91. The number of aliphatic hydroxyl groups is 1. The summed E-state index contributed by atoms with van der Waals surface area (Å²) in [6.45, 7) is 1.77. The van der Waals surface area contributed by atoms with Gasteiger partial charge in [0.1, 0.15) is 0 Å². The Morgan fingerprint density at radius 1 is 1.19 bits per heavy atom. The molecule has 0 saturated heterocycles. The van der Waals surface area contributed by atoms with Gasteiger partial charge in [-0.1, -0.05) is 30.3 Å². The fourth-order valence-electron chi connectivity index (χ4n) is 1.23. The van der Waals surface area contributed by atoms with E-state index >= 15 is 0 Å². The van der Waals surface area contributed by atoms with Crippen LogP contribution >= 0.6 is 24.8 Å². The molecule has 0 aliphatic heterocycles. The molecular formula is C11H20Cl2N2O. The second kappa shape index (κ2) is 11.2. The molecule has 0 aromatic heterocycles. The summed E-state index contributed by atoms with van der Waals surface area (Å²) in [6, 6.07) is 10.3. The largest absolute Gasteiger partial charge is 0.390 e. The van der Waals surface area contributed by atoms with Crippen molar-refractivity contribution < 1.29 is 5.11 Å². The zero-order chi connectivity index (χ0) is 10.2. The lowest BCUT2D eigenvalue weighted by Gasteiger charge is -2.08. The predicted molar refractivity (Wildman–Crippen MR) is 72.6 cm³/mol. The van der Waals surface area contributed by atoms with Crippen LogP contribution in [0, 0.1) is 0 Å². The highest BCUT2D eigenvalue weighted by atomic mass is 35.5. The number of hydrogen-bond donors (Lipinski definition) is 3. The lowest BCUT2D eigenvalue weighted by Crippen LogP contribution is -2.33. The molecule has 3 nitrogen and oxygen atoms in total. The van der Waals surface area contributed by atoms with Crippen LogP contribution in [-0.2, 0) is 6.42 Å². The molecule has 1 unspecified atom stereocenters. The maximum atomic E-state index is 9.17. The van der Waals surface area contributed by atoms with Crippen molar-refractivity contribution in [2.45, 2.75) is 12.5 Å². The van der Waals surface area contributed by atoms with Crippen LogP contribution in [0.15, 0.2) is 30.3 Å². The second-order valence-electron chi connectivity index (χ2n) is 3.33. The Balaban J connectivity index is 0. The maximum Gasteiger partial charge on any atom is 0.0786 e. The molecule has 5 heteroatoms. The fraction of sp³-hybridized carbons (Fsp3) is 0.455. The number of hydrogen-bond acceptors (Lipinski definition) is 3. The lowest BCUT2D eigenvalue weighted by atomic mass is 10.1. The molecule has 0 radical (unpaired) electrons. The van der Waals surface area contributed by atoms with Gasteiger partial charge in [0.25, 0.3) is 0 Å². The average Bonchev–Trinajstić information content (AvgIpc) is 2.25. The summed E-state index contributed by atoms with van der Waals surface area (Å²) in [5.74, 6) is 0. The van der Waals surface area contributed by atoms with E-state index in [1.165, 1.54) is 5.56 Å². The van der Waals surface area contributed by atoms with Crippen molar-refractivity contribution in [3.05, 3.63) is 35.9 Å². The zero-order valence-electron chi connectivity index (χ0n) is 9.13. The van der Waals surface area contributed by atoms with Crippen LogP contribution in [-0.4, -0.2) is 30.8 Å². The topological polar surface area (TPSA) is 58.3 Å². The molecule has 0 aliphatic carbocycles. The van der Waals surface area contributed by atoms with Crippen LogP contribution in [0.2, 0.25) is 0 Å². The summed E-state index contributed by atoms with van der Waals surface area (Å²) in [5.41, 5.74) is 6.58. The summed E-state index contributed by atoms with van der Waals surface area (Å²) < 4.78 is 0. The van der Waals surface area contributed by atoms with Gasteiger partial charge in [0.2, 0.25) is 0 Å². The van der Waals surface area contributed by atoms with Crippen LogP contribution in [0.5, 0.6) is 0 Å². The number of nitrogens with one attached hydrogen (secondary N) is 1. The number of benzene rings is 1. The molecule has 94 valence electrons. The van der Waals surface area contributed by atoms with Gasteiger partial charge in [-0.25, -0.2) is 0 Å². The van der Waals surface area contributed by atoms with Gasteiger partial charge in [0, 0.05) is 13.1 Å². The van der Waals surface area contributed by atoms with E-state index in [1.54, 1.807) is 0 Å². The molecule has 0 aliphatic rings. The summed E-state index contributed by atoms with van der Waals surface area (Å²) in [5, 5.41) is 12.3.